The van der Waals surface area contributed by atoms with Crippen LogP contribution in [0.2, 0.25) is 0 Å². The number of rotatable bonds is 11. The number of oxazole rings is 1. The molecular formula is C26H41NO3. The van der Waals surface area contributed by atoms with Crippen molar-refractivity contribution >= 4 is 0 Å². The predicted molar refractivity (Wildman–Crippen MR) is 123 cm³/mol. The average molecular weight is 416 g/mol. The molecule has 1 N–H and O–H groups in total. The maximum atomic E-state index is 10.3. The van der Waals surface area contributed by atoms with E-state index in [1.807, 2.05) is 0 Å². The minimum Gasteiger partial charge on any atom is -0.493 e. The first kappa shape index (κ1) is 24.5. The van der Waals surface area contributed by atoms with Crippen LogP contribution in [0, 0.1) is 12.3 Å². The molecule has 0 spiro atoms. The molecular weight excluding hydrogens is 374 g/mol. The van der Waals surface area contributed by atoms with Crippen molar-refractivity contribution in [3.63, 3.8) is 0 Å². The maximum Gasteiger partial charge on any atom is 0.204 e. The third-order valence-electron chi connectivity index (χ3n) is 6.32. The molecule has 1 unspecified atom stereocenters. The summed E-state index contributed by atoms with van der Waals surface area (Å²) in [7, 11) is 0. The molecule has 0 saturated heterocycles. The van der Waals surface area contributed by atoms with Crippen LogP contribution in [0.4, 0.5) is 0 Å². The molecule has 0 aliphatic carbocycles. The van der Waals surface area contributed by atoms with Crippen molar-refractivity contribution in [1.82, 2.24) is 4.98 Å². The monoisotopic (exact) mass is 415 g/mol. The Hall–Kier alpha value is -1.81. The van der Waals surface area contributed by atoms with Crippen LogP contribution in [-0.4, -0.2) is 22.8 Å². The lowest BCUT2D eigenvalue weighted by atomic mass is 9.75. The second-order valence-corrected chi connectivity index (χ2v) is 9.54. The number of hydrogen-bond donors (Lipinski definition) is 1. The predicted octanol–water partition coefficient (Wildman–Crippen LogP) is 6.61. The molecule has 0 aliphatic rings. The van der Waals surface area contributed by atoms with Gasteiger partial charge in [0.2, 0.25) is 5.89 Å². The van der Waals surface area contributed by atoms with E-state index in [2.05, 4.69) is 66.7 Å². The maximum absolute atomic E-state index is 10.3. The average Bonchev–Trinajstić information content (AvgIpc) is 3.18. The van der Waals surface area contributed by atoms with E-state index in [1.54, 1.807) is 6.26 Å². The van der Waals surface area contributed by atoms with Gasteiger partial charge in [0.05, 0.1) is 23.8 Å². The van der Waals surface area contributed by atoms with Crippen LogP contribution in [0.5, 0.6) is 5.75 Å². The standard InChI is InChI=1S/C26H41NO3/c1-8-11-16-29-22-14-12-20(17-19(22)4)26(9-2,10-3)24-27-21(18-30-24)13-15-23(28)25(5,6)7/h12,14,17-18,23,28H,8-11,13,15-16H2,1-7H3. The van der Waals surface area contributed by atoms with Crippen molar-refractivity contribution in [2.45, 2.75) is 98.5 Å². The Balaban J connectivity index is 2.24. The quantitative estimate of drug-likeness (QED) is 0.420. The molecule has 2 rings (SSSR count). The Morgan fingerprint density at radius 2 is 1.83 bits per heavy atom. The summed E-state index contributed by atoms with van der Waals surface area (Å²) in [5.74, 6) is 1.73. The van der Waals surface area contributed by atoms with Gasteiger partial charge in [-0.05, 0) is 61.6 Å². The van der Waals surface area contributed by atoms with E-state index >= 15 is 0 Å². The van der Waals surface area contributed by atoms with Gasteiger partial charge in [0.25, 0.3) is 0 Å². The molecule has 1 aromatic carbocycles. The number of benzene rings is 1. The van der Waals surface area contributed by atoms with Gasteiger partial charge < -0.3 is 14.3 Å². The molecule has 1 atom stereocenters. The Morgan fingerprint density at radius 1 is 1.13 bits per heavy atom. The lowest BCUT2D eigenvalue weighted by Crippen LogP contribution is -2.27. The van der Waals surface area contributed by atoms with Gasteiger partial charge in [-0.1, -0.05) is 60.1 Å². The first-order valence-corrected chi connectivity index (χ1v) is 11.5. The van der Waals surface area contributed by atoms with Crippen LogP contribution in [0.1, 0.15) is 96.4 Å². The molecule has 2 aromatic rings. The zero-order chi connectivity index (χ0) is 22.4. The lowest BCUT2D eigenvalue weighted by molar-refractivity contribution is 0.0558. The summed E-state index contributed by atoms with van der Waals surface area (Å²) in [6.45, 7) is 15.6. The number of aliphatic hydroxyl groups is 1. The van der Waals surface area contributed by atoms with Gasteiger partial charge in [-0.2, -0.15) is 0 Å². The summed E-state index contributed by atoms with van der Waals surface area (Å²) in [5, 5.41) is 10.3. The molecule has 168 valence electrons. The summed E-state index contributed by atoms with van der Waals surface area (Å²) in [4.78, 5) is 4.86. The molecule has 0 bridgehead atoms. The van der Waals surface area contributed by atoms with Crippen molar-refractivity contribution in [1.29, 1.82) is 0 Å². The van der Waals surface area contributed by atoms with E-state index in [-0.39, 0.29) is 16.9 Å². The number of nitrogens with zero attached hydrogens (tertiary/aromatic N) is 1. The highest BCUT2D eigenvalue weighted by Crippen LogP contribution is 2.40. The number of ether oxygens (including phenoxy) is 1. The summed E-state index contributed by atoms with van der Waals surface area (Å²) < 4.78 is 12.0. The van der Waals surface area contributed by atoms with Gasteiger partial charge in [0.15, 0.2) is 0 Å². The first-order chi connectivity index (χ1) is 14.2. The van der Waals surface area contributed by atoms with Crippen molar-refractivity contribution in [3.8, 4) is 5.75 Å². The van der Waals surface area contributed by atoms with Crippen molar-refractivity contribution < 1.29 is 14.3 Å². The molecule has 0 radical (unpaired) electrons. The van der Waals surface area contributed by atoms with E-state index in [9.17, 15) is 5.11 Å². The van der Waals surface area contributed by atoms with Crippen LogP contribution in [-0.2, 0) is 11.8 Å². The number of hydrogen-bond acceptors (Lipinski definition) is 4. The van der Waals surface area contributed by atoms with Gasteiger partial charge in [0, 0.05) is 0 Å². The third-order valence-corrected chi connectivity index (χ3v) is 6.32. The molecule has 30 heavy (non-hydrogen) atoms. The zero-order valence-corrected chi connectivity index (χ0v) is 20.0. The van der Waals surface area contributed by atoms with E-state index < -0.39 is 0 Å². The van der Waals surface area contributed by atoms with E-state index in [0.29, 0.717) is 12.8 Å². The Morgan fingerprint density at radius 3 is 2.40 bits per heavy atom. The molecule has 4 nitrogen and oxygen atoms in total. The summed E-state index contributed by atoms with van der Waals surface area (Å²) in [6.07, 6.45) is 6.82. The molecule has 0 fully saturated rings. The van der Waals surface area contributed by atoms with Gasteiger partial charge in [0.1, 0.15) is 12.0 Å². The molecule has 1 heterocycles. The van der Waals surface area contributed by atoms with Gasteiger partial charge in [-0.3, -0.25) is 0 Å². The normalized spacial score (nSPS) is 13.5. The molecule has 4 heteroatoms. The molecule has 0 saturated carbocycles. The number of aliphatic hydroxyl groups excluding tert-OH is 1. The second-order valence-electron chi connectivity index (χ2n) is 9.54. The van der Waals surface area contributed by atoms with Gasteiger partial charge in [-0.25, -0.2) is 4.98 Å². The Labute approximate surface area is 183 Å². The fraction of sp³-hybridized carbons (Fsp3) is 0.654. The number of aromatic nitrogens is 1. The molecule has 0 aliphatic heterocycles. The van der Waals surface area contributed by atoms with Gasteiger partial charge >= 0.3 is 0 Å². The molecule has 0 amide bonds. The van der Waals surface area contributed by atoms with E-state index in [4.69, 9.17) is 14.1 Å². The largest absolute Gasteiger partial charge is 0.493 e. The number of aryl methyl sites for hydroxylation is 2. The molecule has 1 aromatic heterocycles. The number of unbranched alkanes of at least 4 members (excludes halogenated alkanes) is 1. The zero-order valence-electron chi connectivity index (χ0n) is 20.0. The van der Waals surface area contributed by atoms with Crippen LogP contribution in [0.15, 0.2) is 28.9 Å². The van der Waals surface area contributed by atoms with E-state index in [0.717, 1.165) is 55.2 Å². The lowest BCUT2D eigenvalue weighted by Gasteiger charge is -2.29. The summed E-state index contributed by atoms with van der Waals surface area (Å²) in [5.41, 5.74) is 2.90. The second kappa shape index (κ2) is 10.5. The van der Waals surface area contributed by atoms with Crippen molar-refractivity contribution in [2.75, 3.05) is 6.61 Å². The minimum absolute atomic E-state index is 0.123. The Kier molecular flexibility index (Phi) is 8.54. The fourth-order valence-corrected chi connectivity index (χ4v) is 3.88. The highest BCUT2D eigenvalue weighted by molar-refractivity contribution is 5.42. The smallest absolute Gasteiger partial charge is 0.204 e. The SMILES string of the molecule is CCCCOc1ccc(C(CC)(CC)c2nc(CCC(O)C(C)(C)C)co2)cc1C. The minimum atomic E-state index is -0.359. The Bertz CT molecular complexity index is 784. The summed E-state index contributed by atoms with van der Waals surface area (Å²) in [6, 6.07) is 6.47. The van der Waals surface area contributed by atoms with E-state index in [1.165, 1.54) is 5.56 Å². The van der Waals surface area contributed by atoms with Crippen molar-refractivity contribution in [2.24, 2.45) is 5.41 Å². The topological polar surface area (TPSA) is 55.5 Å². The third kappa shape index (κ3) is 5.66. The van der Waals surface area contributed by atoms with Crippen molar-refractivity contribution in [3.05, 3.63) is 47.2 Å². The summed E-state index contributed by atoms with van der Waals surface area (Å²) >= 11 is 0. The van der Waals surface area contributed by atoms with Crippen LogP contribution < -0.4 is 4.74 Å². The van der Waals surface area contributed by atoms with Crippen LogP contribution in [0.25, 0.3) is 0 Å². The highest BCUT2D eigenvalue weighted by Gasteiger charge is 2.36. The first-order valence-electron chi connectivity index (χ1n) is 11.5. The van der Waals surface area contributed by atoms with Crippen LogP contribution >= 0.6 is 0 Å². The fourth-order valence-electron chi connectivity index (χ4n) is 3.88. The highest BCUT2D eigenvalue weighted by atomic mass is 16.5. The van der Waals surface area contributed by atoms with Crippen LogP contribution in [0.3, 0.4) is 0 Å². The van der Waals surface area contributed by atoms with Gasteiger partial charge in [-0.15, -0.1) is 0 Å².